The molecular weight excluding hydrogens is 143 g/mol. The van der Waals surface area contributed by atoms with Crippen LogP contribution in [0.2, 0.25) is 0 Å². The van der Waals surface area contributed by atoms with Gasteiger partial charge in [0.2, 0.25) is 5.52 Å². The van der Waals surface area contributed by atoms with Crippen LogP contribution in [-0.2, 0) is 13.9 Å². The van der Waals surface area contributed by atoms with Crippen LogP contribution in [0.3, 0.4) is 0 Å². The maximum Gasteiger partial charge on any atom is 0.200 e. The molecule has 0 aliphatic rings. The minimum absolute atomic E-state index is 0.0142. The molecule has 54 valence electrons. The molecule has 0 radical (unpaired) electrons. The van der Waals surface area contributed by atoms with Gasteiger partial charge in [-0.1, -0.05) is 0 Å². The number of rotatable bonds is 3. The maximum absolute atomic E-state index is 10.4. The molecule has 0 saturated heterocycles. The topological polar surface area (TPSA) is 66.4 Å². The van der Waals surface area contributed by atoms with Crippen LogP contribution in [0.4, 0.5) is 0 Å². The van der Waals surface area contributed by atoms with Gasteiger partial charge in [0.15, 0.2) is 7.60 Å². The summed E-state index contributed by atoms with van der Waals surface area (Å²) in [5.41, 5.74) is -0.927. The first kappa shape index (κ1) is 8.82. The molecule has 0 N–H and O–H groups in total. The van der Waals surface area contributed by atoms with Gasteiger partial charge < -0.3 is 14.0 Å². The second-order valence-corrected chi connectivity index (χ2v) is 3.32. The predicted octanol–water partition coefficient (Wildman–Crippen LogP) is 0.123. The van der Waals surface area contributed by atoms with Gasteiger partial charge in [-0.15, -0.1) is 0 Å². The van der Waals surface area contributed by atoms with Crippen molar-refractivity contribution in [1.29, 1.82) is 0 Å². The third-order valence-corrected chi connectivity index (χ3v) is 2.05. The molecule has 0 amide bonds. The largest absolute Gasteiger partial charge is 0.773 e. The highest BCUT2D eigenvalue weighted by Gasteiger charge is 2.12. The average Bonchev–Trinajstić information content (AvgIpc) is 1.65. The molecule has 0 spiro atoms. The van der Waals surface area contributed by atoms with E-state index in [9.17, 15) is 14.3 Å². The average molecular weight is 151 g/mol. The quantitative estimate of drug-likeness (QED) is 0.537. The van der Waals surface area contributed by atoms with Crippen molar-refractivity contribution in [3.8, 4) is 0 Å². The minimum atomic E-state index is -4.15. The number of carbonyl (C=O) groups excluding carboxylic acids is 1. The Morgan fingerprint density at radius 2 is 2.22 bits per heavy atom. The first-order chi connectivity index (χ1) is 4.00. The summed E-state index contributed by atoms with van der Waals surface area (Å²) in [6.45, 7) is 2.48. The van der Waals surface area contributed by atoms with E-state index in [-0.39, 0.29) is 6.61 Å². The smallest absolute Gasteiger partial charge is 0.200 e. The lowest BCUT2D eigenvalue weighted by Gasteiger charge is -2.17. The molecule has 0 rings (SSSR count). The van der Waals surface area contributed by atoms with E-state index < -0.39 is 13.1 Å². The second kappa shape index (κ2) is 3.11. The van der Waals surface area contributed by atoms with Crippen LogP contribution in [0, 0.1) is 0 Å². The zero-order valence-corrected chi connectivity index (χ0v) is 6.18. The van der Waals surface area contributed by atoms with E-state index in [0.29, 0.717) is 0 Å². The lowest BCUT2D eigenvalue weighted by atomic mass is 10.9. The van der Waals surface area contributed by atoms with Gasteiger partial charge in [-0.25, -0.2) is 0 Å². The van der Waals surface area contributed by atoms with E-state index in [4.69, 9.17) is 0 Å². The third-order valence-electron chi connectivity index (χ3n) is 0.685. The van der Waals surface area contributed by atoms with Gasteiger partial charge in [-0.3, -0.25) is 4.79 Å². The fraction of sp³-hybridized carbons (Fsp3) is 0.750. The zero-order valence-electron chi connectivity index (χ0n) is 5.29. The Hall–Kier alpha value is -0.180. The first-order valence-corrected chi connectivity index (χ1v) is 4.01. The fourth-order valence-electron chi connectivity index (χ4n) is 0.261. The summed E-state index contributed by atoms with van der Waals surface area (Å²) in [6.07, 6.45) is 0. The van der Waals surface area contributed by atoms with Gasteiger partial charge in [0.25, 0.3) is 0 Å². The Balaban J connectivity index is 4.04. The molecule has 0 aliphatic heterocycles. The Labute approximate surface area is 53.4 Å². The minimum Gasteiger partial charge on any atom is -0.773 e. The summed E-state index contributed by atoms with van der Waals surface area (Å²) < 4.78 is 14.5. The van der Waals surface area contributed by atoms with Crippen LogP contribution >= 0.6 is 7.60 Å². The molecule has 0 fully saturated rings. The second-order valence-electron chi connectivity index (χ2n) is 1.43. The molecule has 0 aliphatic carbocycles. The number of hydrogen-bond acceptors (Lipinski definition) is 4. The standard InChI is InChI=1S/C4H9O4P/c1-3-8-9(6,7)4(2)5/h3H2,1-2H3,(H,6,7)/p-1. The molecule has 0 saturated carbocycles. The summed E-state index contributed by atoms with van der Waals surface area (Å²) in [5, 5.41) is 0. The summed E-state index contributed by atoms with van der Waals surface area (Å²) >= 11 is 0. The molecule has 9 heavy (non-hydrogen) atoms. The Morgan fingerprint density at radius 3 is 2.33 bits per heavy atom. The molecule has 0 bridgehead atoms. The van der Waals surface area contributed by atoms with Crippen molar-refractivity contribution in [1.82, 2.24) is 0 Å². The Morgan fingerprint density at radius 1 is 1.78 bits per heavy atom. The first-order valence-electron chi connectivity index (χ1n) is 2.47. The summed E-state index contributed by atoms with van der Waals surface area (Å²) in [6, 6.07) is 0. The molecule has 0 aromatic carbocycles. The van der Waals surface area contributed by atoms with Crippen LogP contribution in [0.25, 0.3) is 0 Å². The lowest BCUT2D eigenvalue weighted by molar-refractivity contribution is -0.199. The van der Waals surface area contributed by atoms with E-state index in [0.717, 1.165) is 6.92 Å². The van der Waals surface area contributed by atoms with Crippen molar-refractivity contribution < 1.29 is 18.8 Å². The molecule has 0 heterocycles. The Bertz CT molecular complexity index is 153. The van der Waals surface area contributed by atoms with Crippen LogP contribution < -0.4 is 4.89 Å². The van der Waals surface area contributed by atoms with Crippen molar-refractivity contribution in [3.63, 3.8) is 0 Å². The van der Waals surface area contributed by atoms with E-state index in [1.165, 1.54) is 6.92 Å². The van der Waals surface area contributed by atoms with Crippen molar-refractivity contribution in [3.05, 3.63) is 0 Å². The molecule has 4 nitrogen and oxygen atoms in total. The number of hydrogen-bond donors (Lipinski definition) is 0. The van der Waals surface area contributed by atoms with Gasteiger partial charge in [0.05, 0.1) is 6.61 Å². The molecule has 1 unspecified atom stereocenters. The van der Waals surface area contributed by atoms with Crippen LogP contribution in [0.15, 0.2) is 0 Å². The third kappa shape index (κ3) is 2.75. The van der Waals surface area contributed by atoms with E-state index in [1.807, 2.05) is 0 Å². The van der Waals surface area contributed by atoms with Crippen molar-refractivity contribution in [2.24, 2.45) is 0 Å². The lowest BCUT2D eigenvalue weighted by Crippen LogP contribution is -2.11. The highest BCUT2D eigenvalue weighted by atomic mass is 31.2. The van der Waals surface area contributed by atoms with Crippen LogP contribution in [0.5, 0.6) is 0 Å². The molecule has 0 aromatic heterocycles. The van der Waals surface area contributed by atoms with E-state index >= 15 is 0 Å². The van der Waals surface area contributed by atoms with Gasteiger partial charge >= 0.3 is 0 Å². The Kier molecular flexibility index (Phi) is 3.04. The summed E-state index contributed by atoms with van der Waals surface area (Å²) in [5.74, 6) is 0. The zero-order chi connectivity index (χ0) is 7.49. The molecule has 5 heteroatoms. The van der Waals surface area contributed by atoms with Gasteiger partial charge in [0, 0.05) is 6.92 Å². The molecular formula is C4H8O4P-. The van der Waals surface area contributed by atoms with Crippen LogP contribution in [0.1, 0.15) is 13.8 Å². The highest BCUT2D eigenvalue weighted by molar-refractivity contribution is 7.69. The molecule has 1 atom stereocenters. The highest BCUT2D eigenvalue weighted by Crippen LogP contribution is 2.36. The summed E-state index contributed by atoms with van der Waals surface area (Å²) in [4.78, 5) is 20.5. The number of carbonyl (C=O) groups is 1. The maximum atomic E-state index is 10.4. The van der Waals surface area contributed by atoms with Crippen molar-refractivity contribution in [2.45, 2.75) is 13.8 Å². The van der Waals surface area contributed by atoms with E-state index in [1.54, 1.807) is 0 Å². The SMILES string of the molecule is CCOP(=O)([O-])C(C)=O. The monoisotopic (exact) mass is 151 g/mol. The fourth-order valence-corrected chi connectivity index (χ4v) is 0.783. The van der Waals surface area contributed by atoms with Crippen molar-refractivity contribution >= 4 is 13.1 Å². The summed E-state index contributed by atoms with van der Waals surface area (Å²) in [7, 11) is -4.15. The van der Waals surface area contributed by atoms with E-state index in [2.05, 4.69) is 4.52 Å². The predicted molar refractivity (Wildman–Crippen MR) is 29.9 cm³/mol. The van der Waals surface area contributed by atoms with Gasteiger partial charge in [-0.05, 0) is 6.92 Å². The van der Waals surface area contributed by atoms with Gasteiger partial charge in [0.1, 0.15) is 0 Å². The normalized spacial score (nSPS) is 16.8. The van der Waals surface area contributed by atoms with Crippen LogP contribution in [-0.4, -0.2) is 12.1 Å². The van der Waals surface area contributed by atoms with Gasteiger partial charge in [-0.2, -0.15) is 0 Å². The van der Waals surface area contributed by atoms with Crippen molar-refractivity contribution in [2.75, 3.05) is 6.61 Å². The molecule has 0 aromatic rings.